The van der Waals surface area contributed by atoms with Crippen molar-refractivity contribution in [2.45, 2.75) is 19.9 Å². The zero-order valence-electron chi connectivity index (χ0n) is 17.9. The first kappa shape index (κ1) is 20.6. The lowest BCUT2D eigenvalue weighted by atomic mass is 10.1. The minimum atomic E-state index is -0.196. The molecule has 0 N–H and O–H groups in total. The van der Waals surface area contributed by atoms with Gasteiger partial charge in [-0.2, -0.15) is 0 Å². The second-order valence-corrected chi connectivity index (χ2v) is 8.70. The van der Waals surface area contributed by atoms with Crippen molar-refractivity contribution in [2.75, 3.05) is 20.4 Å². The van der Waals surface area contributed by atoms with Crippen molar-refractivity contribution in [3.63, 3.8) is 0 Å². The van der Waals surface area contributed by atoms with Gasteiger partial charge < -0.3 is 18.6 Å². The molecular weight excluding hydrogens is 426 g/mol. The molecule has 2 aromatic carbocycles. The van der Waals surface area contributed by atoms with Gasteiger partial charge in [0.05, 0.1) is 18.1 Å². The van der Waals surface area contributed by atoms with E-state index < -0.39 is 0 Å². The molecule has 0 saturated heterocycles. The van der Waals surface area contributed by atoms with E-state index in [1.165, 1.54) is 4.88 Å². The smallest absolute Gasteiger partial charge is 0.235 e. The Morgan fingerprint density at radius 1 is 1.09 bits per heavy atom. The summed E-state index contributed by atoms with van der Waals surface area (Å²) in [6, 6.07) is 14.9. The molecular formula is C25H23NO5S. The highest BCUT2D eigenvalue weighted by Gasteiger charge is 2.24. The molecule has 32 heavy (non-hydrogen) atoms. The molecule has 5 rings (SSSR count). The van der Waals surface area contributed by atoms with Crippen LogP contribution in [0.15, 0.2) is 63.1 Å². The molecule has 0 amide bonds. The number of hydrogen-bond donors (Lipinski definition) is 0. The zero-order chi connectivity index (χ0) is 22.1. The Morgan fingerprint density at radius 3 is 2.66 bits per heavy atom. The number of thiophene rings is 1. The van der Waals surface area contributed by atoms with Crippen LogP contribution in [0, 0.1) is 6.92 Å². The number of nitrogens with zero attached hydrogens (tertiary/aromatic N) is 1. The van der Waals surface area contributed by atoms with E-state index in [9.17, 15) is 4.79 Å². The molecule has 3 heterocycles. The molecule has 0 bridgehead atoms. The molecule has 6 nitrogen and oxygen atoms in total. The van der Waals surface area contributed by atoms with Gasteiger partial charge in [-0.1, -0.05) is 6.07 Å². The van der Waals surface area contributed by atoms with Crippen LogP contribution >= 0.6 is 11.3 Å². The number of rotatable bonds is 6. The van der Waals surface area contributed by atoms with Crippen LogP contribution in [0.2, 0.25) is 0 Å². The summed E-state index contributed by atoms with van der Waals surface area (Å²) in [5.41, 5.74) is 1.27. The van der Waals surface area contributed by atoms with Gasteiger partial charge in [0.25, 0.3) is 0 Å². The summed E-state index contributed by atoms with van der Waals surface area (Å²) < 4.78 is 23.2. The highest BCUT2D eigenvalue weighted by molar-refractivity contribution is 7.09. The van der Waals surface area contributed by atoms with Crippen LogP contribution in [0.4, 0.5) is 0 Å². The lowest BCUT2D eigenvalue weighted by Crippen LogP contribution is -2.33. The minimum absolute atomic E-state index is 0.189. The fourth-order valence-corrected chi connectivity index (χ4v) is 4.55. The summed E-state index contributed by atoms with van der Waals surface area (Å²) in [4.78, 5) is 16.8. The largest absolute Gasteiger partial charge is 0.497 e. The summed E-state index contributed by atoms with van der Waals surface area (Å²) in [6.07, 6.45) is 0.962. The molecule has 1 aliphatic rings. The van der Waals surface area contributed by atoms with Crippen molar-refractivity contribution in [3.05, 3.63) is 80.3 Å². The summed E-state index contributed by atoms with van der Waals surface area (Å²) in [5, 5.41) is 2.58. The third-order valence-corrected chi connectivity index (χ3v) is 6.50. The van der Waals surface area contributed by atoms with Gasteiger partial charge in [-0.05, 0) is 61.2 Å². The van der Waals surface area contributed by atoms with E-state index in [4.69, 9.17) is 18.6 Å². The number of ether oxygens (including phenoxy) is 3. The Bertz CT molecular complexity index is 1290. The molecule has 4 aromatic rings. The molecule has 1 aliphatic heterocycles. The van der Waals surface area contributed by atoms with Crippen molar-refractivity contribution in [1.82, 2.24) is 4.90 Å². The van der Waals surface area contributed by atoms with Gasteiger partial charge in [-0.25, -0.2) is 0 Å². The van der Waals surface area contributed by atoms with E-state index in [0.717, 1.165) is 30.0 Å². The standard InChI is InChI=1S/C25H23NO5S/c1-16-24(31-18-7-5-17(28-2)6-8-18)23(27)20-9-10-22-21(25(20)30-16)14-26(15-29-22)12-11-19-4-3-13-32-19/h3-10,13H,11-12,14-15H2,1-2H3. The average molecular weight is 450 g/mol. The van der Waals surface area contributed by atoms with E-state index in [-0.39, 0.29) is 11.2 Å². The van der Waals surface area contributed by atoms with E-state index in [2.05, 4.69) is 22.4 Å². The summed E-state index contributed by atoms with van der Waals surface area (Å²) >= 11 is 1.76. The Balaban J connectivity index is 1.45. The van der Waals surface area contributed by atoms with Gasteiger partial charge in [0.2, 0.25) is 11.2 Å². The fourth-order valence-electron chi connectivity index (χ4n) is 3.85. The number of aryl methyl sites for hydroxylation is 1. The first-order valence-corrected chi connectivity index (χ1v) is 11.3. The Hall–Kier alpha value is -3.29. The number of benzene rings is 2. The van der Waals surface area contributed by atoms with Crippen molar-refractivity contribution < 1.29 is 18.6 Å². The van der Waals surface area contributed by atoms with Gasteiger partial charge in [-0.3, -0.25) is 9.69 Å². The molecule has 0 radical (unpaired) electrons. The molecule has 0 fully saturated rings. The van der Waals surface area contributed by atoms with Gasteiger partial charge in [0.15, 0.2) is 0 Å². The molecule has 164 valence electrons. The Morgan fingerprint density at radius 2 is 1.91 bits per heavy atom. The molecule has 0 spiro atoms. The molecule has 0 saturated carbocycles. The van der Waals surface area contributed by atoms with Crippen LogP contribution in [-0.4, -0.2) is 25.3 Å². The summed E-state index contributed by atoms with van der Waals surface area (Å²) in [5.74, 6) is 2.64. The number of fused-ring (bicyclic) bond motifs is 3. The average Bonchev–Trinajstić information content (AvgIpc) is 3.34. The van der Waals surface area contributed by atoms with Crippen molar-refractivity contribution in [3.8, 4) is 23.0 Å². The predicted molar refractivity (Wildman–Crippen MR) is 124 cm³/mol. The van der Waals surface area contributed by atoms with E-state index >= 15 is 0 Å². The predicted octanol–water partition coefficient (Wildman–Crippen LogP) is 5.36. The molecule has 0 unspecified atom stereocenters. The maximum atomic E-state index is 13.3. The zero-order valence-corrected chi connectivity index (χ0v) is 18.7. The SMILES string of the molecule is COc1ccc(Oc2c(C)oc3c4c(ccc3c2=O)OCN(CCc2cccs2)C4)cc1. The van der Waals surface area contributed by atoms with Crippen LogP contribution in [-0.2, 0) is 13.0 Å². The molecule has 2 aromatic heterocycles. The van der Waals surface area contributed by atoms with E-state index in [0.29, 0.717) is 35.8 Å². The number of methoxy groups -OCH3 is 1. The quantitative estimate of drug-likeness (QED) is 0.395. The van der Waals surface area contributed by atoms with Crippen molar-refractivity contribution in [1.29, 1.82) is 0 Å². The van der Waals surface area contributed by atoms with Gasteiger partial charge in [0.1, 0.15) is 35.3 Å². The Labute approximate surface area is 189 Å². The van der Waals surface area contributed by atoms with Gasteiger partial charge in [-0.15, -0.1) is 11.3 Å². The molecule has 0 atom stereocenters. The van der Waals surface area contributed by atoms with E-state index in [1.807, 2.05) is 6.07 Å². The second-order valence-electron chi connectivity index (χ2n) is 7.67. The summed E-state index contributed by atoms with van der Waals surface area (Å²) in [6.45, 7) is 3.81. The number of hydrogen-bond acceptors (Lipinski definition) is 7. The topological polar surface area (TPSA) is 61.1 Å². The molecule has 0 aliphatic carbocycles. The van der Waals surface area contributed by atoms with E-state index in [1.54, 1.807) is 55.7 Å². The van der Waals surface area contributed by atoms with Crippen LogP contribution in [0.5, 0.6) is 23.0 Å². The van der Waals surface area contributed by atoms with Gasteiger partial charge >= 0.3 is 0 Å². The Kier molecular flexibility index (Phi) is 5.59. The van der Waals surface area contributed by atoms with Crippen LogP contribution < -0.4 is 19.6 Å². The third-order valence-electron chi connectivity index (χ3n) is 5.56. The van der Waals surface area contributed by atoms with Crippen LogP contribution in [0.25, 0.3) is 11.0 Å². The monoisotopic (exact) mass is 449 g/mol. The lowest BCUT2D eigenvalue weighted by Gasteiger charge is -2.29. The van der Waals surface area contributed by atoms with Crippen LogP contribution in [0.3, 0.4) is 0 Å². The normalized spacial score (nSPS) is 13.6. The van der Waals surface area contributed by atoms with Crippen molar-refractivity contribution >= 4 is 22.3 Å². The first-order chi connectivity index (χ1) is 15.6. The highest BCUT2D eigenvalue weighted by atomic mass is 32.1. The maximum Gasteiger partial charge on any atom is 0.235 e. The van der Waals surface area contributed by atoms with Gasteiger partial charge in [0, 0.05) is 18.0 Å². The lowest BCUT2D eigenvalue weighted by molar-refractivity contribution is 0.0969. The summed E-state index contributed by atoms with van der Waals surface area (Å²) in [7, 11) is 1.60. The first-order valence-electron chi connectivity index (χ1n) is 10.4. The molecule has 7 heteroatoms. The van der Waals surface area contributed by atoms with Crippen LogP contribution in [0.1, 0.15) is 16.2 Å². The highest BCUT2D eigenvalue weighted by Crippen LogP contribution is 2.34. The third kappa shape index (κ3) is 3.97. The maximum absolute atomic E-state index is 13.3. The second kappa shape index (κ2) is 8.68. The fraction of sp³-hybridized carbons (Fsp3) is 0.240. The minimum Gasteiger partial charge on any atom is -0.497 e. The van der Waals surface area contributed by atoms with Crippen molar-refractivity contribution in [2.24, 2.45) is 0 Å².